The molecular weight excluding hydrogens is 435 g/mol. The van der Waals surface area contributed by atoms with Gasteiger partial charge in [0.25, 0.3) is 5.91 Å². The molecule has 150 valence electrons. The Bertz CT molecular complexity index is 1060. The number of nitrogens with zero attached hydrogens (tertiary/aromatic N) is 1. The van der Waals surface area contributed by atoms with Crippen molar-refractivity contribution in [2.45, 2.75) is 13.8 Å². The van der Waals surface area contributed by atoms with Gasteiger partial charge >= 0.3 is 0 Å². The Morgan fingerprint density at radius 3 is 2.45 bits per heavy atom. The molecule has 2 aromatic carbocycles. The molecule has 0 aliphatic heterocycles. The summed E-state index contributed by atoms with van der Waals surface area (Å²) < 4.78 is 11.1. The number of hydrazone groups is 1. The summed E-state index contributed by atoms with van der Waals surface area (Å²) in [4.78, 5) is 11.9. The molecule has 1 amide bonds. The molecule has 3 rings (SSSR count). The maximum absolute atomic E-state index is 11.9. The number of furan rings is 1. The fraction of sp³-hybridized carbons (Fsp3) is 0.143. The average Bonchev–Trinajstić information content (AvgIpc) is 3.11. The highest BCUT2D eigenvalue weighted by Gasteiger charge is 2.11. The van der Waals surface area contributed by atoms with E-state index in [1.807, 2.05) is 32.0 Å². The quantitative estimate of drug-likeness (QED) is 0.282. The van der Waals surface area contributed by atoms with Crippen LogP contribution in [-0.4, -0.2) is 18.7 Å². The zero-order valence-corrected chi connectivity index (χ0v) is 17.9. The first-order chi connectivity index (χ1) is 13.8. The predicted molar refractivity (Wildman–Crippen MR) is 116 cm³/mol. The molecule has 0 fully saturated rings. The number of halogens is 3. The predicted octanol–water partition coefficient (Wildman–Crippen LogP) is 6.05. The lowest BCUT2D eigenvalue weighted by molar-refractivity contribution is -0.123. The monoisotopic (exact) mass is 450 g/mol. The number of hydrogen-bond donors (Lipinski definition) is 1. The Hall–Kier alpha value is -2.47. The Morgan fingerprint density at radius 1 is 1.03 bits per heavy atom. The molecule has 0 aliphatic carbocycles. The molecule has 1 aromatic heterocycles. The van der Waals surface area contributed by atoms with Gasteiger partial charge in [0.15, 0.2) is 6.61 Å². The van der Waals surface area contributed by atoms with E-state index in [0.29, 0.717) is 37.9 Å². The minimum atomic E-state index is -0.389. The summed E-state index contributed by atoms with van der Waals surface area (Å²) in [6.45, 7) is 3.78. The van der Waals surface area contributed by atoms with E-state index in [1.54, 1.807) is 24.3 Å². The second-order valence-electron chi connectivity index (χ2n) is 6.35. The van der Waals surface area contributed by atoms with Crippen LogP contribution in [0.1, 0.15) is 16.9 Å². The third-order valence-electron chi connectivity index (χ3n) is 3.85. The van der Waals surface area contributed by atoms with Gasteiger partial charge in [-0.25, -0.2) is 5.43 Å². The zero-order chi connectivity index (χ0) is 21.0. The highest BCUT2D eigenvalue weighted by molar-refractivity contribution is 6.44. The second-order valence-corrected chi connectivity index (χ2v) is 7.58. The number of carbonyl (C=O) groups is 1. The standard InChI is InChI=1S/C21H17Cl3N2O3/c1-12-5-13(2)7-15(6-12)28-11-21(27)26-25-10-14-3-4-20(29-14)16-8-18(23)19(24)9-17(16)22/h3-10H,11H2,1-2H3,(H,26,27)/b25-10-. The van der Waals surface area contributed by atoms with Crippen molar-refractivity contribution < 1.29 is 13.9 Å². The maximum atomic E-state index is 11.9. The Balaban J connectivity index is 1.57. The van der Waals surface area contributed by atoms with Gasteiger partial charge in [0, 0.05) is 5.56 Å². The third-order valence-corrected chi connectivity index (χ3v) is 4.88. The van der Waals surface area contributed by atoms with Crippen LogP contribution in [0.2, 0.25) is 15.1 Å². The average molecular weight is 452 g/mol. The van der Waals surface area contributed by atoms with E-state index in [-0.39, 0.29) is 12.5 Å². The lowest BCUT2D eigenvalue weighted by Crippen LogP contribution is -2.24. The number of nitrogens with one attached hydrogen (secondary N) is 1. The van der Waals surface area contributed by atoms with Gasteiger partial charge in [0.05, 0.1) is 21.3 Å². The molecule has 5 nitrogen and oxygen atoms in total. The van der Waals surface area contributed by atoms with Crippen LogP contribution in [0, 0.1) is 13.8 Å². The van der Waals surface area contributed by atoms with Crippen LogP contribution in [0.4, 0.5) is 0 Å². The van der Waals surface area contributed by atoms with Crippen molar-refractivity contribution in [2.24, 2.45) is 5.10 Å². The largest absolute Gasteiger partial charge is 0.484 e. The third kappa shape index (κ3) is 5.76. The van der Waals surface area contributed by atoms with Crippen molar-refractivity contribution in [1.82, 2.24) is 5.43 Å². The minimum absolute atomic E-state index is 0.150. The minimum Gasteiger partial charge on any atom is -0.484 e. The normalized spacial score (nSPS) is 11.1. The Morgan fingerprint density at radius 2 is 1.72 bits per heavy atom. The van der Waals surface area contributed by atoms with Crippen molar-refractivity contribution in [1.29, 1.82) is 0 Å². The van der Waals surface area contributed by atoms with Crippen molar-refractivity contribution in [3.63, 3.8) is 0 Å². The summed E-state index contributed by atoms with van der Waals surface area (Å²) in [6, 6.07) is 12.3. The molecule has 0 saturated heterocycles. The van der Waals surface area contributed by atoms with Crippen LogP contribution < -0.4 is 10.2 Å². The number of amides is 1. The van der Waals surface area contributed by atoms with Gasteiger partial charge in [-0.05, 0) is 61.4 Å². The summed E-state index contributed by atoms with van der Waals surface area (Å²) >= 11 is 18.2. The lowest BCUT2D eigenvalue weighted by atomic mass is 10.1. The van der Waals surface area contributed by atoms with Gasteiger partial charge in [-0.2, -0.15) is 5.10 Å². The van der Waals surface area contributed by atoms with Gasteiger partial charge in [-0.15, -0.1) is 0 Å². The van der Waals surface area contributed by atoms with Gasteiger partial charge in [-0.3, -0.25) is 4.79 Å². The first-order valence-electron chi connectivity index (χ1n) is 8.59. The van der Waals surface area contributed by atoms with Gasteiger partial charge in [-0.1, -0.05) is 40.9 Å². The highest BCUT2D eigenvalue weighted by atomic mass is 35.5. The van der Waals surface area contributed by atoms with Crippen LogP contribution in [0.25, 0.3) is 11.3 Å². The first-order valence-corrected chi connectivity index (χ1v) is 9.73. The van der Waals surface area contributed by atoms with E-state index in [2.05, 4.69) is 10.5 Å². The molecule has 1 N–H and O–H groups in total. The first kappa shape index (κ1) is 21.2. The van der Waals surface area contributed by atoms with Crippen LogP contribution in [0.5, 0.6) is 5.75 Å². The van der Waals surface area contributed by atoms with Crippen LogP contribution >= 0.6 is 34.8 Å². The molecule has 29 heavy (non-hydrogen) atoms. The van der Waals surface area contributed by atoms with E-state index in [4.69, 9.17) is 44.0 Å². The molecule has 3 aromatic rings. The molecule has 8 heteroatoms. The zero-order valence-electron chi connectivity index (χ0n) is 15.6. The molecule has 0 unspecified atom stereocenters. The van der Waals surface area contributed by atoms with Crippen LogP contribution in [-0.2, 0) is 4.79 Å². The number of carbonyl (C=O) groups excluding carboxylic acids is 1. The number of rotatable bonds is 6. The summed E-state index contributed by atoms with van der Waals surface area (Å²) in [6.07, 6.45) is 1.38. The smallest absolute Gasteiger partial charge is 0.277 e. The second kappa shape index (κ2) is 9.35. The Labute approximate surface area is 183 Å². The molecule has 0 saturated carbocycles. The topological polar surface area (TPSA) is 63.8 Å². The van der Waals surface area contributed by atoms with Crippen molar-refractivity contribution >= 4 is 46.9 Å². The molecular formula is C21H17Cl3N2O3. The number of ether oxygens (including phenoxy) is 1. The summed E-state index contributed by atoms with van der Waals surface area (Å²) in [5.41, 5.74) is 5.12. The van der Waals surface area contributed by atoms with Crippen LogP contribution in [0.3, 0.4) is 0 Å². The van der Waals surface area contributed by atoms with E-state index < -0.39 is 0 Å². The fourth-order valence-corrected chi connectivity index (χ4v) is 3.28. The van der Waals surface area contributed by atoms with E-state index in [1.165, 1.54) is 6.21 Å². The molecule has 0 spiro atoms. The van der Waals surface area contributed by atoms with E-state index >= 15 is 0 Å². The van der Waals surface area contributed by atoms with Gasteiger partial charge in [0.2, 0.25) is 0 Å². The molecule has 0 radical (unpaired) electrons. The van der Waals surface area contributed by atoms with E-state index in [9.17, 15) is 4.79 Å². The number of aryl methyl sites for hydroxylation is 2. The number of benzene rings is 2. The fourth-order valence-electron chi connectivity index (χ4n) is 2.64. The van der Waals surface area contributed by atoms with Crippen molar-refractivity contribution in [2.75, 3.05) is 6.61 Å². The molecule has 0 bridgehead atoms. The Kier molecular flexibility index (Phi) is 6.85. The summed E-state index contributed by atoms with van der Waals surface area (Å²) in [5.74, 6) is 1.17. The molecule has 1 heterocycles. The highest BCUT2D eigenvalue weighted by Crippen LogP contribution is 2.35. The van der Waals surface area contributed by atoms with Crippen molar-refractivity contribution in [3.05, 3.63) is 74.4 Å². The van der Waals surface area contributed by atoms with E-state index in [0.717, 1.165) is 11.1 Å². The van der Waals surface area contributed by atoms with Crippen molar-refractivity contribution in [3.8, 4) is 17.1 Å². The molecule has 0 atom stereocenters. The maximum Gasteiger partial charge on any atom is 0.277 e. The number of hydrogen-bond acceptors (Lipinski definition) is 4. The molecule has 0 aliphatic rings. The van der Waals surface area contributed by atoms with Crippen LogP contribution in [0.15, 0.2) is 52.0 Å². The lowest BCUT2D eigenvalue weighted by Gasteiger charge is -2.07. The summed E-state index contributed by atoms with van der Waals surface area (Å²) in [7, 11) is 0. The SMILES string of the molecule is Cc1cc(C)cc(OCC(=O)N/N=C\c2ccc(-c3cc(Cl)c(Cl)cc3Cl)o2)c1. The van der Waals surface area contributed by atoms with Gasteiger partial charge < -0.3 is 9.15 Å². The summed E-state index contributed by atoms with van der Waals surface area (Å²) in [5, 5.41) is 5.01. The van der Waals surface area contributed by atoms with Gasteiger partial charge in [0.1, 0.15) is 17.3 Å².